The predicted molar refractivity (Wildman–Crippen MR) is 73.3 cm³/mol. The highest BCUT2D eigenvalue weighted by Crippen LogP contribution is 2.30. The van der Waals surface area contributed by atoms with Crippen molar-refractivity contribution in [1.82, 2.24) is 5.32 Å². The summed E-state index contributed by atoms with van der Waals surface area (Å²) in [6.45, 7) is 7.04. The number of nitrogens with two attached hydrogens (primary N) is 1. The van der Waals surface area contributed by atoms with Crippen LogP contribution in [-0.4, -0.2) is 30.2 Å². The third kappa shape index (κ3) is 4.25. The number of nitrogens with one attached hydrogen (secondary N) is 1. The Morgan fingerprint density at radius 1 is 1.56 bits per heavy atom. The average molecular weight is 256 g/mol. The quantitative estimate of drug-likeness (QED) is 0.684. The Bertz CT molecular complexity index is 269. The molecule has 18 heavy (non-hydrogen) atoms. The molecule has 1 rings (SSSR count). The van der Waals surface area contributed by atoms with Gasteiger partial charge in [-0.1, -0.05) is 13.3 Å². The second-order valence-electron chi connectivity index (χ2n) is 5.69. The molecule has 1 amide bonds. The van der Waals surface area contributed by atoms with Gasteiger partial charge < -0.3 is 15.8 Å². The van der Waals surface area contributed by atoms with E-state index in [1.165, 1.54) is 0 Å². The third-order valence-corrected chi connectivity index (χ3v) is 3.59. The number of ether oxygens (including phenoxy) is 1. The Labute approximate surface area is 111 Å². The number of rotatable bonds is 7. The molecule has 1 aliphatic carbocycles. The van der Waals surface area contributed by atoms with Gasteiger partial charge in [-0.2, -0.15) is 0 Å². The molecular weight excluding hydrogens is 228 g/mol. The molecule has 0 heterocycles. The number of unbranched alkanes of at least 4 members (excludes halogenated alkanes) is 1. The Morgan fingerprint density at radius 3 is 2.83 bits per heavy atom. The molecule has 4 nitrogen and oxygen atoms in total. The van der Waals surface area contributed by atoms with Crippen molar-refractivity contribution >= 4 is 5.91 Å². The number of primary amides is 1. The maximum Gasteiger partial charge on any atom is 0.237 e. The molecule has 0 spiro atoms. The first kappa shape index (κ1) is 15.4. The van der Waals surface area contributed by atoms with Gasteiger partial charge in [0.15, 0.2) is 0 Å². The topological polar surface area (TPSA) is 64.3 Å². The fraction of sp³-hybridized carbons (Fsp3) is 0.929. The van der Waals surface area contributed by atoms with Crippen LogP contribution < -0.4 is 11.1 Å². The lowest BCUT2D eigenvalue weighted by atomic mass is 9.79. The van der Waals surface area contributed by atoms with E-state index in [-0.39, 0.29) is 18.1 Å². The molecule has 2 unspecified atom stereocenters. The highest BCUT2D eigenvalue weighted by molar-refractivity contribution is 5.84. The van der Waals surface area contributed by atoms with E-state index in [0.29, 0.717) is 6.42 Å². The highest BCUT2D eigenvalue weighted by atomic mass is 16.5. The minimum Gasteiger partial charge on any atom is -0.378 e. The van der Waals surface area contributed by atoms with Gasteiger partial charge in [-0.3, -0.25) is 4.79 Å². The van der Waals surface area contributed by atoms with E-state index in [9.17, 15) is 4.79 Å². The number of carbonyl (C=O) groups excluding carboxylic acids is 1. The molecular formula is C14H28N2O2. The molecule has 1 saturated carbocycles. The summed E-state index contributed by atoms with van der Waals surface area (Å²) in [6.07, 6.45) is 5.97. The van der Waals surface area contributed by atoms with E-state index in [1.807, 2.05) is 13.8 Å². The van der Waals surface area contributed by atoms with Crippen molar-refractivity contribution < 1.29 is 9.53 Å². The molecule has 1 aliphatic rings. The molecule has 0 saturated heterocycles. The summed E-state index contributed by atoms with van der Waals surface area (Å²) >= 11 is 0. The monoisotopic (exact) mass is 256 g/mol. The number of hydrogen-bond donors (Lipinski definition) is 2. The van der Waals surface area contributed by atoms with Gasteiger partial charge in [-0.25, -0.2) is 0 Å². The minimum atomic E-state index is -0.566. The van der Waals surface area contributed by atoms with Crippen molar-refractivity contribution in [2.75, 3.05) is 6.61 Å². The van der Waals surface area contributed by atoms with Gasteiger partial charge in [0.2, 0.25) is 5.91 Å². The first-order valence-corrected chi connectivity index (χ1v) is 7.19. The summed E-state index contributed by atoms with van der Waals surface area (Å²) in [4.78, 5) is 11.8. The molecule has 0 aromatic heterocycles. The maximum absolute atomic E-state index is 11.8. The molecule has 0 aliphatic heterocycles. The van der Waals surface area contributed by atoms with Crippen LogP contribution in [0, 0.1) is 0 Å². The van der Waals surface area contributed by atoms with Crippen LogP contribution in [0.5, 0.6) is 0 Å². The molecule has 2 atom stereocenters. The van der Waals surface area contributed by atoms with Gasteiger partial charge in [-0.15, -0.1) is 0 Å². The molecule has 0 bridgehead atoms. The Balaban J connectivity index is 2.59. The summed E-state index contributed by atoms with van der Waals surface area (Å²) < 4.78 is 5.86. The number of carbonyl (C=O) groups is 1. The van der Waals surface area contributed by atoms with Gasteiger partial charge in [0.25, 0.3) is 0 Å². The summed E-state index contributed by atoms with van der Waals surface area (Å²) in [7, 11) is 0. The molecule has 1 fully saturated rings. The minimum absolute atomic E-state index is 0.170. The van der Waals surface area contributed by atoms with Crippen molar-refractivity contribution in [1.29, 1.82) is 0 Å². The molecule has 0 radical (unpaired) electrons. The van der Waals surface area contributed by atoms with Gasteiger partial charge >= 0.3 is 0 Å². The van der Waals surface area contributed by atoms with Crippen molar-refractivity contribution in [2.24, 2.45) is 5.73 Å². The maximum atomic E-state index is 11.8. The van der Waals surface area contributed by atoms with E-state index < -0.39 is 5.54 Å². The van der Waals surface area contributed by atoms with Crippen LogP contribution in [0.4, 0.5) is 0 Å². The fourth-order valence-electron chi connectivity index (χ4n) is 2.74. The lowest BCUT2D eigenvalue weighted by Gasteiger charge is -2.40. The summed E-state index contributed by atoms with van der Waals surface area (Å²) in [5, 5.41) is 3.36. The lowest BCUT2D eigenvalue weighted by molar-refractivity contribution is -0.128. The number of hydrogen-bond acceptors (Lipinski definition) is 3. The molecule has 0 aromatic carbocycles. The molecule has 0 aromatic rings. The standard InChI is InChI=1S/C14H28N2O2/c1-4-5-9-18-12-7-6-8-14(10-12,13(15)17)16-11(2)3/h11-12,16H,4-10H2,1-3H3,(H2,15,17). The number of amides is 1. The summed E-state index contributed by atoms with van der Waals surface area (Å²) in [6, 6.07) is 0.256. The summed E-state index contributed by atoms with van der Waals surface area (Å²) in [5.74, 6) is -0.236. The highest BCUT2D eigenvalue weighted by Gasteiger charge is 2.41. The van der Waals surface area contributed by atoms with Crippen molar-refractivity contribution in [3.05, 3.63) is 0 Å². The van der Waals surface area contributed by atoms with Crippen LogP contribution >= 0.6 is 0 Å². The first-order chi connectivity index (χ1) is 8.50. The second kappa shape index (κ2) is 7.10. The van der Waals surface area contributed by atoms with Crippen LogP contribution in [-0.2, 0) is 9.53 Å². The van der Waals surface area contributed by atoms with Crippen LogP contribution in [0.3, 0.4) is 0 Å². The van der Waals surface area contributed by atoms with Crippen LogP contribution in [0.2, 0.25) is 0 Å². The third-order valence-electron chi connectivity index (χ3n) is 3.59. The van der Waals surface area contributed by atoms with Gasteiger partial charge in [-0.05, 0) is 39.5 Å². The van der Waals surface area contributed by atoms with E-state index in [0.717, 1.165) is 38.7 Å². The van der Waals surface area contributed by atoms with Crippen LogP contribution in [0.1, 0.15) is 59.3 Å². The lowest BCUT2D eigenvalue weighted by Crippen LogP contribution is -2.60. The van der Waals surface area contributed by atoms with E-state index in [1.54, 1.807) is 0 Å². The van der Waals surface area contributed by atoms with E-state index in [2.05, 4.69) is 12.2 Å². The van der Waals surface area contributed by atoms with Gasteiger partial charge in [0, 0.05) is 19.1 Å². The predicted octanol–water partition coefficient (Wildman–Crippen LogP) is 1.97. The van der Waals surface area contributed by atoms with E-state index >= 15 is 0 Å². The zero-order valence-electron chi connectivity index (χ0n) is 12.0. The van der Waals surface area contributed by atoms with E-state index in [4.69, 9.17) is 10.5 Å². The van der Waals surface area contributed by atoms with Crippen molar-refractivity contribution in [3.63, 3.8) is 0 Å². The second-order valence-corrected chi connectivity index (χ2v) is 5.69. The molecule has 4 heteroatoms. The van der Waals surface area contributed by atoms with Crippen LogP contribution in [0.15, 0.2) is 0 Å². The average Bonchev–Trinajstić information content (AvgIpc) is 2.28. The molecule has 3 N–H and O–H groups in total. The Kier molecular flexibility index (Phi) is 6.09. The first-order valence-electron chi connectivity index (χ1n) is 7.19. The smallest absolute Gasteiger partial charge is 0.237 e. The molecule has 106 valence electrons. The zero-order valence-corrected chi connectivity index (χ0v) is 12.0. The largest absolute Gasteiger partial charge is 0.378 e. The van der Waals surface area contributed by atoms with Gasteiger partial charge in [0.1, 0.15) is 5.54 Å². The fourth-order valence-corrected chi connectivity index (χ4v) is 2.74. The van der Waals surface area contributed by atoms with Crippen molar-refractivity contribution in [2.45, 2.75) is 77.0 Å². The zero-order chi connectivity index (χ0) is 13.6. The summed E-state index contributed by atoms with van der Waals surface area (Å²) in [5.41, 5.74) is 5.04. The van der Waals surface area contributed by atoms with Crippen LogP contribution in [0.25, 0.3) is 0 Å². The SMILES string of the molecule is CCCCOC1CCCC(NC(C)C)(C(N)=O)C1. The van der Waals surface area contributed by atoms with Gasteiger partial charge in [0.05, 0.1) is 6.10 Å². The normalized spacial score (nSPS) is 28.6. The Morgan fingerprint density at radius 2 is 2.28 bits per heavy atom. The van der Waals surface area contributed by atoms with Crippen molar-refractivity contribution in [3.8, 4) is 0 Å². The Hall–Kier alpha value is -0.610.